The maximum Gasteiger partial charge on any atom is 0.332 e. The number of nitrogens with zero attached hydrogens (tertiary/aromatic N) is 4. The van der Waals surface area contributed by atoms with Crippen molar-refractivity contribution in [3.8, 4) is 0 Å². The molecular weight excluding hydrogens is 404 g/mol. The van der Waals surface area contributed by atoms with Gasteiger partial charge in [-0.05, 0) is 69.2 Å². The minimum absolute atomic E-state index is 0.0102. The van der Waals surface area contributed by atoms with Gasteiger partial charge < -0.3 is 9.47 Å². The predicted molar refractivity (Wildman–Crippen MR) is 123 cm³/mol. The first kappa shape index (κ1) is 20.7. The third-order valence-corrected chi connectivity index (χ3v) is 7.10. The number of pyridine rings is 2. The standard InChI is InChI=1S/C25H28N4O3/c1-16(30)17-5-7-18(8-6-17)23(31)20-12-19-4-3-10-28(24(19)26-14-20)21-9-11-29-22(13-21)15-27(2)25(29)32/h9,11-15,17-18H,3-8,10H2,1-2H3. The molecule has 0 unspecified atom stereocenters. The average Bonchev–Trinajstić information content (AvgIpc) is 3.10. The molecule has 0 N–H and O–H groups in total. The van der Waals surface area contributed by atoms with Crippen LogP contribution in [0.1, 0.15) is 54.9 Å². The van der Waals surface area contributed by atoms with E-state index in [1.165, 1.54) is 0 Å². The number of anilines is 2. The highest BCUT2D eigenvalue weighted by Crippen LogP contribution is 2.35. The zero-order chi connectivity index (χ0) is 22.4. The van der Waals surface area contributed by atoms with Crippen LogP contribution in [-0.4, -0.2) is 32.1 Å². The van der Waals surface area contributed by atoms with Crippen LogP contribution in [0.4, 0.5) is 11.5 Å². The van der Waals surface area contributed by atoms with Gasteiger partial charge in [0.2, 0.25) is 0 Å². The summed E-state index contributed by atoms with van der Waals surface area (Å²) in [6, 6.07) is 5.96. The van der Waals surface area contributed by atoms with Gasteiger partial charge in [-0.2, -0.15) is 0 Å². The number of carbonyl (C=O) groups is 2. The minimum Gasteiger partial charge on any atom is -0.326 e. The molecule has 1 aliphatic heterocycles. The first-order valence-electron chi connectivity index (χ1n) is 11.4. The number of aromatic nitrogens is 3. The maximum absolute atomic E-state index is 13.1. The van der Waals surface area contributed by atoms with Gasteiger partial charge in [0.25, 0.3) is 0 Å². The lowest BCUT2D eigenvalue weighted by Crippen LogP contribution is -2.27. The predicted octanol–water partition coefficient (Wildman–Crippen LogP) is 3.70. The zero-order valence-electron chi connectivity index (χ0n) is 18.6. The van der Waals surface area contributed by atoms with E-state index in [4.69, 9.17) is 4.98 Å². The Balaban J connectivity index is 1.40. The summed E-state index contributed by atoms with van der Waals surface area (Å²) in [4.78, 5) is 43.8. The Morgan fingerprint density at radius 2 is 1.84 bits per heavy atom. The molecule has 7 nitrogen and oxygen atoms in total. The van der Waals surface area contributed by atoms with Crippen LogP contribution in [0.5, 0.6) is 0 Å². The first-order valence-corrected chi connectivity index (χ1v) is 11.4. The second-order valence-electron chi connectivity index (χ2n) is 9.19. The number of imidazole rings is 1. The van der Waals surface area contributed by atoms with Gasteiger partial charge >= 0.3 is 5.69 Å². The molecule has 4 heterocycles. The smallest absolute Gasteiger partial charge is 0.326 e. The Morgan fingerprint density at radius 1 is 1.09 bits per heavy atom. The van der Waals surface area contributed by atoms with Crippen LogP contribution in [0.15, 0.2) is 41.6 Å². The van der Waals surface area contributed by atoms with Gasteiger partial charge in [0, 0.05) is 55.3 Å². The van der Waals surface area contributed by atoms with Crippen LogP contribution in [0, 0.1) is 11.8 Å². The Kier molecular flexibility index (Phi) is 5.19. The molecule has 0 bridgehead atoms. The summed E-state index contributed by atoms with van der Waals surface area (Å²) in [5, 5.41) is 0. The molecule has 3 aromatic heterocycles. The van der Waals surface area contributed by atoms with E-state index in [-0.39, 0.29) is 29.1 Å². The van der Waals surface area contributed by atoms with E-state index in [0.29, 0.717) is 5.56 Å². The highest BCUT2D eigenvalue weighted by atomic mass is 16.1. The molecule has 5 rings (SSSR count). The van der Waals surface area contributed by atoms with Crippen LogP contribution in [0.2, 0.25) is 0 Å². The number of Topliss-reactive ketones (excluding diaryl/α,β-unsaturated/α-hetero) is 2. The number of hydrogen-bond acceptors (Lipinski definition) is 5. The normalized spacial score (nSPS) is 20.9. The maximum atomic E-state index is 13.1. The molecule has 0 aromatic carbocycles. The summed E-state index contributed by atoms with van der Waals surface area (Å²) in [6.07, 6.45) is 10.4. The molecule has 1 aliphatic carbocycles. The van der Waals surface area contributed by atoms with Crippen molar-refractivity contribution in [3.63, 3.8) is 0 Å². The minimum atomic E-state index is -0.0655. The topological polar surface area (TPSA) is 76.7 Å². The average molecular weight is 433 g/mol. The fourth-order valence-corrected chi connectivity index (χ4v) is 5.22. The first-order chi connectivity index (χ1) is 15.4. The molecule has 7 heteroatoms. The van der Waals surface area contributed by atoms with Gasteiger partial charge in [-0.15, -0.1) is 0 Å². The highest BCUT2D eigenvalue weighted by molar-refractivity contribution is 5.98. The van der Waals surface area contributed by atoms with Crippen molar-refractivity contribution < 1.29 is 9.59 Å². The van der Waals surface area contributed by atoms with E-state index in [1.54, 1.807) is 35.3 Å². The highest BCUT2D eigenvalue weighted by Gasteiger charge is 2.30. The summed E-state index contributed by atoms with van der Waals surface area (Å²) >= 11 is 0. The lowest BCUT2D eigenvalue weighted by atomic mass is 9.77. The lowest BCUT2D eigenvalue weighted by molar-refractivity contribution is -0.121. The van der Waals surface area contributed by atoms with Crippen LogP contribution < -0.4 is 10.6 Å². The number of ketones is 2. The molecule has 2 aliphatic rings. The molecule has 0 amide bonds. The van der Waals surface area contributed by atoms with Crippen molar-refractivity contribution in [3.05, 3.63) is 58.4 Å². The number of fused-ring (bicyclic) bond motifs is 2. The summed E-state index contributed by atoms with van der Waals surface area (Å²) in [7, 11) is 1.75. The number of carbonyl (C=O) groups excluding carboxylic acids is 2. The second kappa shape index (κ2) is 8.04. The Labute approximate surface area is 186 Å². The Morgan fingerprint density at radius 3 is 2.59 bits per heavy atom. The molecule has 1 saturated carbocycles. The number of hydrogen-bond donors (Lipinski definition) is 0. The van der Waals surface area contributed by atoms with Crippen molar-refractivity contribution in [2.75, 3.05) is 11.4 Å². The summed E-state index contributed by atoms with van der Waals surface area (Å²) in [6.45, 7) is 2.50. The molecule has 0 radical (unpaired) electrons. The SMILES string of the molecule is CC(=O)C1CCC(C(=O)c2cnc3c(c2)CCCN3c2ccn3c(=O)n(C)cc3c2)CC1. The van der Waals surface area contributed by atoms with Crippen molar-refractivity contribution >= 4 is 28.6 Å². The van der Waals surface area contributed by atoms with Crippen molar-refractivity contribution in [2.45, 2.75) is 45.4 Å². The quantitative estimate of drug-likeness (QED) is 0.588. The molecular formula is C25H28N4O3. The van der Waals surface area contributed by atoms with Crippen LogP contribution in [0.3, 0.4) is 0 Å². The van der Waals surface area contributed by atoms with Crippen molar-refractivity contribution in [2.24, 2.45) is 18.9 Å². The molecule has 32 heavy (non-hydrogen) atoms. The van der Waals surface area contributed by atoms with E-state index in [2.05, 4.69) is 4.90 Å². The van der Waals surface area contributed by atoms with Crippen molar-refractivity contribution in [1.82, 2.24) is 14.0 Å². The molecule has 1 fully saturated rings. The molecule has 166 valence electrons. The third-order valence-electron chi connectivity index (χ3n) is 7.10. The number of aryl methyl sites for hydroxylation is 2. The zero-order valence-corrected chi connectivity index (χ0v) is 18.6. The fourth-order valence-electron chi connectivity index (χ4n) is 5.22. The monoisotopic (exact) mass is 432 g/mol. The van der Waals surface area contributed by atoms with Gasteiger partial charge in [-0.25, -0.2) is 9.78 Å². The van der Waals surface area contributed by atoms with E-state index < -0.39 is 0 Å². The fraction of sp³-hybridized carbons (Fsp3) is 0.440. The summed E-state index contributed by atoms with van der Waals surface area (Å²) < 4.78 is 3.20. The van der Waals surface area contributed by atoms with E-state index in [9.17, 15) is 14.4 Å². The van der Waals surface area contributed by atoms with Gasteiger partial charge in [-0.3, -0.25) is 14.0 Å². The van der Waals surface area contributed by atoms with Gasteiger partial charge in [0.05, 0.1) is 5.52 Å². The summed E-state index contributed by atoms with van der Waals surface area (Å²) in [5.74, 6) is 1.39. The third kappa shape index (κ3) is 3.55. The van der Waals surface area contributed by atoms with Gasteiger partial charge in [-0.1, -0.05) is 0 Å². The molecule has 0 spiro atoms. The van der Waals surface area contributed by atoms with E-state index >= 15 is 0 Å². The van der Waals surface area contributed by atoms with Gasteiger partial charge in [0.1, 0.15) is 11.6 Å². The largest absolute Gasteiger partial charge is 0.332 e. The molecule has 3 aromatic rings. The molecule has 0 atom stereocenters. The van der Waals surface area contributed by atoms with Crippen LogP contribution in [-0.2, 0) is 18.3 Å². The summed E-state index contributed by atoms with van der Waals surface area (Å²) in [5.41, 5.74) is 3.54. The van der Waals surface area contributed by atoms with Crippen molar-refractivity contribution in [1.29, 1.82) is 0 Å². The molecule has 0 saturated heterocycles. The van der Waals surface area contributed by atoms with E-state index in [0.717, 1.165) is 67.7 Å². The van der Waals surface area contributed by atoms with Gasteiger partial charge in [0.15, 0.2) is 5.78 Å². The van der Waals surface area contributed by atoms with Crippen LogP contribution >= 0.6 is 0 Å². The Bertz CT molecular complexity index is 1260. The Hall–Kier alpha value is -3.22. The lowest BCUT2D eigenvalue weighted by Gasteiger charge is -2.31. The van der Waals surface area contributed by atoms with E-state index in [1.807, 2.05) is 24.4 Å². The second-order valence-corrected chi connectivity index (χ2v) is 9.19. The number of rotatable bonds is 4. The van der Waals surface area contributed by atoms with Crippen LogP contribution in [0.25, 0.3) is 5.52 Å².